The van der Waals surface area contributed by atoms with Gasteiger partial charge in [-0.05, 0) is 24.3 Å². The molecule has 9 heteroatoms. The summed E-state index contributed by atoms with van der Waals surface area (Å²) in [5, 5.41) is 4.19. The number of nitrogens with zero attached hydrogens (tertiary/aromatic N) is 4. The first-order valence-electron chi connectivity index (χ1n) is 7.55. The first-order valence-corrected chi connectivity index (χ1v) is 7.55. The van der Waals surface area contributed by atoms with Crippen LogP contribution in [0.5, 0.6) is 0 Å². The van der Waals surface area contributed by atoms with Crippen LogP contribution in [0.15, 0.2) is 53.3 Å². The Bertz CT molecular complexity index is 980. The Hall–Kier alpha value is -3.88. The van der Waals surface area contributed by atoms with Crippen molar-refractivity contribution in [2.24, 2.45) is 0 Å². The van der Waals surface area contributed by atoms with E-state index in [-0.39, 0.29) is 29.3 Å². The van der Waals surface area contributed by atoms with Crippen molar-refractivity contribution in [2.75, 3.05) is 0 Å². The molecule has 0 saturated carbocycles. The maximum Gasteiger partial charge on any atom is 0.342 e. The van der Waals surface area contributed by atoms with Gasteiger partial charge in [0.1, 0.15) is 6.42 Å². The highest BCUT2D eigenvalue weighted by Crippen LogP contribution is 2.23. The Morgan fingerprint density at radius 1 is 1.08 bits per heavy atom. The molecule has 0 N–H and O–H groups in total. The van der Waals surface area contributed by atoms with Gasteiger partial charge in [-0.15, -0.1) is 0 Å². The summed E-state index contributed by atoms with van der Waals surface area (Å²) in [5.74, 6) is -2.01. The number of amides is 2. The van der Waals surface area contributed by atoms with Gasteiger partial charge in [0.15, 0.2) is 0 Å². The molecule has 0 fully saturated rings. The molecule has 2 aromatic heterocycles. The lowest BCUT2D eigenvalue weighted by molar-refractivity contribution is -0.168. The fourth-order valence-corrected chi connectivity index (χ4v) is 2.45. The monoisotopic (exact) mass is 350 g/mol. The number of fused-ring (bicyclic) bond motifs is 1. The first kappa shape index (κ1) is 15.6. The number of hydrogen-bond acceptors (Lipinski definition) is 8. The van der Waals surface area contributed by atoms with E-state index >= 15 is 0 Å². The molecule has 3 heterocycles. The molecule has 1 aliphatic rings. The Balaban J connectivity index is 1.45. The summed E-state index contributed by atoms with van der Waals surface area (Å²) in [4.78, 5) is 49.3. The van der Waals surface area contributed by atoms with E-state index in [0.717, 1.165) is 0 Å². The Morgan fingerprint density at radius 2 is 1.81 bits per heavy atom. The maximum absolute atomic E-state index is 12.2. The molecule has 0 aliphatic carbocycles. The van der Waals surface area contributed by atoms with Gasteiger partial charge in [-0.2, -0.15) is 4.98 Å². The Morgan fingerprint density at radius 3 is 2.46 bits per heavy atom. The summed E-state index contributed by atoms with van der Waals surface area (Å²) < 4.78 is 4.99. The van der Waals surface area contributed by atoms with Gasteiger partial charge < -0.3 is 9.36 Å². The second-order valence-corrected chi connectivity index (χ2v) is 5.34. The predicted molar refractivity (Wildman–Crippen MR) is 84.3 cm³/mol. The number of hydrogen-bond donors (Lipinski definition) is 0. The van der Waals surface area contributed by atoms with Crippen LogP contribution < -0.4 is 0 Å². The maximum atomic E-state index is 12.2. The predicted octanol–water partition coefficient (Wildman–Crippen LogP) is 1.43. The molecule has 128 valence electrons. The van der Waals surface area contributed by atoms with Crippen molar-refractivity contribution in [3.05, 3.63) is 65.8 Å². The lowest BCUT2D eigenvalue weighted by Crippen LogP contribution is -2.33. The van der Waals surface area contributed by atoms with Crippen LogP contribution in [0.1, 0.15) is 26.6 Å². The third-order valence-corrected chi connectivity index (χ3v) is 3.63. The number of carbonyl (C=O) groups excluding carboxylic acids is 3. The van der Waals surface area contributed by atoms with E-state index < -0.39 is 17.8 Å². The molecule has 3 aromatic rings. The zero-order chi connectivity index (χ0) is 18.1. The molecular formula is C17H10N4O5. The van der Waals surface area contributed by atoms with E-state index in [1.54, 1.807) is 36.7 Å². The van der Waals surface area contributed by atoms with E-state index in [2.05, 4.69) is 15.1 Å². The molecular weight excluding hydrogens is 340 g/mol. The second-order valence-electron chi connectivity index (χ2n) is 5.34. The molecule has 0 spiro atoms. The van der Waals surface area contributed by atoms with Crippen LogP contribution >= 0.6 is 0 Å². The minimum absolute atomic E-state index is 0.00883. The SMILES string of the molecule is O=C(Cc1nc(-c2cccnc2)no1)ON1C(=O)c2ccccc2C1=O. The summed E-state index contributed by atoms with van der Waals surface area (Å²) >= 11 is 0. The molecule has 4 rings (SSSR count). The van der Waals surface area contributed by atoms with Gasteiger partial charge in [-0.3, -0.25) is 14.6 Å². The average Bonchev–Trinajstić information content (AvgIpc) is 3.22. The molecule has 0 unspecified atom stereocenters. The molecule has 0 saturated heterocycles. The summed E-state index contributed by atoms with van der Waals surface area (Å²) in [6.07, 6.45) is 2.76. The van der Waals surface area contributed by atoms with Crippen LogP contribution in [0.4, 0.5) is 0 Å². The van der Waals surface area contributed by atoms with Gasteiger partial charge in [-0.25, -0.2) is 4.79 Å². The lowest BCUT2D eigenvalue weighted by atomic mass is 10.1. The van der Waals surface area contributed by atoms with Crippen LogP contribution in [0, 0.1) is 0 Å². The van der Waals surface area contributed by atoms with Gasteiger partial charge in [0.2, 0.25) is 11.7 Å². The van der Waals surface area contributed by atoms with Crippen molar-refractivity contribution in [3.63, 3.8) is 0 Å². The summed E-state index contributed by atoms with van der Waals surface area (Å²) in [6, 6.07) is 9.66. The van der Waals surface area contributed by atoms with Crippen molar-refractivity contribution >= 4 is 17.8 Å². The van der Waals surface area contributed by atoms with Gasteiger partial charge >= 0.3 is 5.97 Å². The van der Waals surface area contributed by atoms with E-state index in [1.165, 1.54) is 12.1 Å². The zero-order valence-corrected chi connectivity index (χ0v) is 13.2. The van der Waals surface area contributed by atoms with E-state index in [0.29, 0.717) is 10.6 Å². The topological polar surface area (TPSA) is 115 Å². The van der Waals surface area contributed by atoms with Crippen molar-refractivity contribution < 1.29 is 23.7 Å². The molecule has 0 bridgehead atoms. The molecule has 0 radical (unpaired) electrons. The lowest BCUT2D eigenvalue weighted by Gasteiger charge is -2.11. The standard InChI is InChI=1S/C17H10N4O5/c22-14(8-13-19-15(20-25-13)10-4-3-7-18-9-10)26-21-16(23)11-5-1-2-6-12(11)17(21)24/h1-7,9H,8H2. The van der Waals surface area contributed by atoms with Crippen molar-refractivity contribution in [1.29, 1.82) is 0 Å². The third kappa shape index (κ3) is 2.71. The Kier molecular flexibility index (Phi) is 3.73. The van der Waals surface area contributed by atoms with Gasteiger partial charge in [0.05, 0.1) is 11.1 Å². The zero-order valence-electron chi connectivity index (χ0n) is 13.2. The van der Waals surface area contributed by atoms with Crippen LogP contribution in [0.2, 0.25) is 0 Å². The number of hydroxylamine groups is 2. The van der Waals surface area contributed by atoms with E-state index in [9.17, 15) is 14.4 Å². The molecule has 2 amide bonds. The Labute approximate surface area is 146 Å². The average molecular weight is 350 g/mol. The van der Waals surface area contributed by atoms with Gasteiger partial charge in [-0.1, -0.05) is 22.4 Å². The molecule has 26 heavy (non-hydrogen) atoms. The molecule has 9 nitrogen and oxygen atoms in total. The number of rotatable bonds is 4. The van der Waals surface area contributed by atoms with Gasteiger partial charge in [0, 0.05) is 18.0 Å². The summed E-state index contributed by atoms with van der Waals surface area (Å²) in [5.41, 5.74) is 0.986. The largest absolute Gasteiger partial charge is 0.342 e. The second kappa shape index (κ2) is 6.20. The third-order valence-electron chi connectivity index (χ3n) is 3.63. The van der Waals surface area contributed by atoms with Crippen LogP contribution in [0.3, 0.4) is 0 Å². The number of carbonyl (C=O) groups is 3. The van der Waals surface area contributed by atoms with Crippen LogP contribution in [-0.2, 0) is 16.1 Å². The molecule has 0 atom stereocenters. The first-order chi connectivity index (χ1) is 12.6. The van der Waals surface area contributed by atoms with Crippen molar-refractivity contribution in [2.45, 2.75) is 6.42 Å². The number of imide groups is 1. The number of benzene rings is 1. The highest BCUT2D eigenvalue weighted by atomic mass is 16.7. The fourth-order valence-electron chi connectivity index (χ4n) is 2.45. The van der Waals surface area contributed by atoms with E-state index in [1.807, 2.05) is 0 Å². The van der Waals surface area contributed by atoms with Crippen molar-refractivity contribution in [1.82, 2.24) is 20.2 Å². The normalized spacial score (nSPS) is 13.0. The summed E-state index contributed by atoms with van der Waals surface area (Å²) in [7, 11) is 0. The van der Waals surface area contributed by atoms with Crippen LogP contribution in [0.25, 0.3) is 11.4 Å². The molecule has 1 aromatic carbocycles. The summed E-state index contributed by atoms with van der Waals surface area (Å²) in [6.45, 7) is 0. The minimum atomic E-state index is -0.874. The van der Waals surface area contributed by atoms with Gasteiger partial charge in [0.25, 0.3) is 11.8 Å². The molecule has 1 aliphatic heterocycles. The van der Waals surface area contributed by atoms with Crippen LogP contribution in [-0.4, -0.2) is 38.0 Å². The fraction of sp³-hybridized carbons (Fsp3) is 0.0588. The highest BCUT2D eigenvalue weighted by molar-refractivity contribution is 6.20. The van der Waals surface area contributed by atoms with E-state index in [4.69, 9.17) is 9.36 Å². The van der Waals surface area contributed by atoms with Crippen molar-refractivity contribution in [3.8, 4) is 11.4 Å². The quantitative estimate of drug-likeness (QED) is 0.649. The highest BCUT2D eigenvalue weighted by Gasteiger charge is 2.38. The minimum Gasteiger partial charge on any atom is -0.338 e. The number of pyridine rings is 1. The number of aromatic nitrogens is 3. The smallest absolute Gasteiger partial charge is 0.338 e.